The van der Waals surface area contributed by atoms with Gasteiger partial charge < -0.3 is 10.8 Å². The maximum atomic E-state index is 9.29. The largest absolute Gasteiger partial charge is 0.396 e. The van der Waals surface area contributed by atoms with Crippen LogP contribution in [0.1, 0.15) is 31.4 Å². The summed E-state index contributed by atoms with van der Waals surface area (Å²) in [5, 5.41) is 10.0. The molecular formula is C15H23ClN2O. The SMILES string of the molecule is CCC(N)C(c1ccc(Cl)cc1)N1CCC(CO)C1. The molecule has 3 atom stereocenters. The van der Waals surface area contributed by atoms with Crippen molar-refractivity contribution in [3.05, 3.63) is 34.9 Å². The van der Waals surface area contributed by atoms with E-state index in [4.69, 9.17) is 17.3 Å². The minimum atomic E-state index is 0.110. The van der Waals surface area contributed by atoms with Gasteiger partial charge in [-0.15, -0.1) is 0 Å². The standard InChI is InChI=1S/C15H23ClN2O/c1-2-14(17)15(12-3-5-13(16)6-4-12)18-8-7-11(9-18)10-19/h3-6,11,14-15,19H,2,7-10,17H2,1H3. The minimum absolute atomic E-state index is 0.110. The van der Waals surface area contributed by atoms with Crippen LogP contribution in [0.4, 0.5) is 0 Å². The van der Waals surface area contributed by atoms with Gasteiger partial charge in [0, 0.05) is 30.3 Å². The van der Waals surface area contributed by atoms with Gasteiger partial charge in [-0.2, -0.15) is 0 Å². The predicted molar refractivity (Wildman–Crippen MR) is 79.2 cm³/mol. The highest BCUT2D eigenvalue weighted by Gasteiger charge is 2.31. The minimum Gasteiger partial charge on any atom is -0.396 e. The number of nitrogens with zero attached hydrogens (tertiary/aromatic N) is 1. The summed E-state index contributed by atoms with van der Waals surface area (Å²) in [7, 11) is 0. The molecular weight excluding hydrogens is 260 g/mol. The summed E-state index contributed by atoms with van der Waals surface area (Å²) >= 11 is 5.96. The van der Waals surface area contributed by atoms with E-state index in [0.717, 1.165) is 31.0 Å². The number of aliphatic hydroxyl groups is 1. The van der Waals surface area contributed by atoms with Crippen LogP contribution in [0.25, 0.3) is 0 Å². The number of nitrogens with two attached hydrogens (primary N) is 1. The fourth-order valence-corrected chi connectivity index (χ4v) is 3.00. The summed E-state index contributed by atoms with van der Waals surface area (Å²) in [5.74, 6) is 0.388. The van der Waals surface area contributed by atoms with Gasteiger partial charge in [0.1, 0.15) is 0 Å². The molecule has 106 valence electrons. The Balaban J connectivity index is 2.19. The van der Waals surface area contributed by atoms with Crippen molar-refractivity contribution in [3.63, 3.8) is 0 Å². The van der Waals surface area contributed by atoms with Gasteiger partial charge in [0.2, 0.25) is 0 Å². The van der Waals surface area contributed by atoms with Crippen molar-refractivity contribution in [1.29, 1.82) is 0 Å². The third-order valence-electron chi connectivity index (χ3n) is 4.06. The summed E-state index contributed by atoms with van der Waals surface area (Å²) in [5.41, 5.74) is 7.54. The van der Waals surface area contributed by atoms with Gasteiger partial charge >= 0.3 is 0 Å². The van der Waals surface area contributed by atoms with E-state index in [0.29, 0.717) is 5.92 Å². The molecule has 1 saturated heterocycles. The third kappa shape index (κ3) is 3.48. The first-order valence-electron chi connectivity index (χ1n) is 7.01. The van der Waals surface area contributed by atoms with Crippen LogP contribution in [-0.2, 0) is 0 Å². The average molecular weight is 283 g/mol. The zero-order valence-corrected chi connectivity index (χ0v) is 12.2. The van der Waals surface area contributed by atoms with Crippen molar-refractivity contribution in [3.8, 4) is 0 Å². The zero-order chi connectivity index (χ0) is 13.8. The lowest BCUT2D eigenvalue weighted by Gasteiger charge is -2.32. The van der Waals surface area contributed by atoms with Crippen LogP contribution >= 0.6 is 11.6 Å². The molecule has 0 saturated carbocycles. The number of benzene rings is 1. The molecule has 0 bridgehead atoms. The van der Waals surface area contributed by atoms with E-state index in [1.54, 1.807) is 0 Å². The van der Waals surface area contributed by atoms with Crippen LogP contribution in [0.5, 0.6) is 0 Å². The Kier molecular flexibility index (Phi) is 5.22. The zero-order valence-electron chi connectivity index (χ0n) is 11.4. The molecule has 0 radical (unpaired) electrons. The van der Waals surface area contributed by atoms with Crippen molar-refractivity contribution in [2.75, 3.05) is 19.7 Å². The van der Waals surface area contributed by atoms with E-state index >= 15 is 0 Å². The molecule has 0 aromatic heterocycles. The van der Waals surface area contributed by atoms with Gasteiger partial charge in [-0.05, 0) is 43.0 Å². The Morgan fingerprint density at radius 1 is 1.42 bits per heavy atom. The van der Waals surface area contributed by atoms with Crippen LogP contribution in [0.3, 0.4) is 0 Å². The van der Waals surface area contributed by atoms with Crippen LogP contribution < -0.4 is 5.73 Å². The molecule has 1 heterocycles. The molecule has 1 fully saturated rings. The highest BCUT2D eigenvalue weighted by Crippen LogP contribution is 2.31. The molecule has 2 rings (SSSR count). The van der Waals surface area contributed by atoms with Gasteiger partial charge in [-0.3, -0.25) is 4.90 Å². The van der Waals surface area contributed by atoms with E-state index in [-0.39, 0.29) is 18.7 Å². The molecule has 0 amide bonds. The average Bonchev–Trinajstić information content (AvgIpc) is 2.89. The highest BCUT2D eigenvalue weighted by molar-refractivity contribution is 6.30. The first-order chi connectivity index (χ1) is 9.15. The number of hydrogen-bond donors (Lipinski definition) is 2. The molecule has 3 N–H and O–H groups in total. The molecule has 1 aliphatic rings. The normalized spacial score (nSPS) is 23.5. The lowest BCUT2D eigenvalue weighted by atomic mass is 9.96. The van der Waals surface area contributed by atoms with Gasteiger partial charge in [0.05, 0.1) is 0 Å². The molecule has 1 aromatic rings. The first-order valence-corrected chi connectivity index (χ1v) is 7.39. The highest BCUT2D eigenvalue weighted by atomic mass is 35.5. The maximum absolute atomic E-state index is 9.29. The Morgan fingerprint density at radius 3 is 2.63 bits per heavy atom. The van der Waals surface area contributed by atoms with Gasteiger partial charge in [0.15, 0.2) is 0 Å². The van der Waals surface area contributed by atoms with Gasteiger partial charge in [-0.1, -0.05) is 30.7 Å². The van der Waals surface area contributed by atoms with Crippen LogP contribution in [-0.4, -0.2) is 35.7 Å². The quantitative estimate of drug-likeness (QED) is 0.872. The van der Waals surface area contributed by atoms with Crippen molar-refractivity contribution in [2.45, 2.75) is 31.8 Å². The molecule has 0 spiro atoms. The van der Waals surface area contributed by atoms with Crippen LogP contribution in [0.2, 0.25) is 5.02 Å². The molecule has 3 nitrogen and oxygen atoms in total. The summed E-state index contributed by atoms with van der Waals surface area (Å²) < 4.78 is 0. The fourth-order valence-electron chi connectivity index (χ4n) is 2.88. The van der Waals surface area contributed by atoms with Gasteiger partial charge in [-0.25, -0.2) is 0 Å². The Morgan fingerprint density at radius 2 is 2.11 bits per heavy atom. The fraction of sp³-hybridized carbons (Fsp3) is 0.600. The molecule has 1 aliphatic heterocycles. The molecule has 3 unspecified atom stereocenters. The monoisotopic (exact) mass is 282 g/mol. The predicted octanol–water partition coefficient (Wildman–Crippen LogP) is 2.43. The van der Waals surface area contributed by atoms with E-state index in [9.17, 15) is 5.11 Å². The lowest BCUT2D eigenvalue weighted by Crippen LogP contribution is -2.40. The van der Waals surface area contributed by atoms with E-state index in [2.05, 4.69) is 24.0 Å². The topological polar surface area (TPSA) is 49.5 Å². The Hall–Kier alpha value is -0.610. The number of likely N-dealkylation sites (tertiary alicyclic amines) is 1. The van der Waals surface area contributed by atoms with E-state index in [1.807, 2.05) is 12.1 Å². The summed E-state index contributed by atoms with van der Waals surface area (Å²) in [6.45, 7) is 4.32. The van der Waals surface area contributed by atoms with Crippen LogP contribution in [0, 0.1) is 5.92 Å². The summed E-state index contributed by atoms with van der Waals surface area (Å²) in [6.07, 6.45) is 1.99. The molecule has 19 heavy (non-hydrogen) atoms. The van der Waals surface area contributed by atoms with Gasteiger partial charge in [0.25, 0.3) is 0 Å². The molecule has 4 heteroatoms. The molecule has 1 aromatic carbocycles. The van der Waals surface area contributed by atoms with E-state index < -0.39 is 0 Å². The number of rotatable bonds is 5. The smallest absolute Gasteiger partial charge is 0.0499 e. The second-order valence-corrected chi connectivity index (χ2v) is 5.84. The summed E-state index contributed by atoms with van der Waals surface area (Å²) in [4.78, 5) is 2.40. The van der Waals surface area contributed by atoms with Crippen molar-refractivity contribution < 1.29 is 5.11 Å². The van der Waals surface area contributed by atoms with Crippen molar-refractivity contribution in [2.24, 2.45) is 11.7 Å². The Labute approximate surface area is 120 Å². The van der Waals surface area contributed by atoms with Crippen molar-refractivity contribution in [1.82, 2.24) is 4.90 Å². The first kappa shape index (κ1) is 14.8. The summed E-state index contributed by atoms with van der Waals surface area (Å²) in [6, 6.07) is 8.30. The maximum Gasteiger partial charge on any atom is 0.0499 e. The molecule has 0 aliphatic carbocycles. The van der Waals surface area contributed by atoms with E-state index in [1.165, 1.54) is 5.56 Å². The number of aliphatic hydroxyl groups excluding tert-OH is 1. The lowest BCUT2D eigenvalue weighted by molar-refractivity contribution is 0.180. The van der Waals surface area contributed by atoms with Crippen LogP contribution in [0.15, 0.2) is 24.3 Å². The Bertz CT molecular complexity index is 396. The number of halogens is 1. The second-order valence-electron chi connectivity index (χ2n) is 5.40. The third-order valence-corrected chi connectivity index (χ3v) is 4.31. The second kappa shape index (κ2) is 6.71. The number of hydrogen-bond acceptors (Lipinski definition) is 3. The van der Waals surface area contributed by atoms with Crippen molar-refractivity contribution >= 4 is 11.6 Å².